The van der Waals surface area contributed by atoms with Crippen molar-refractivity contribution < 1.29 is 23.2 Å². The number of benzene rings is 1. The molecule has 0 aromatic heterocycles. The van der Waals surface area contributed by atoms with Gasteiger partial charge in [-0.15, -0.1) is 0 Å². The first-order valence-electron chi connectivity index (χ1n) is 4.74. The van der Waals surface area contributed by atoms with Gasteiger partial charge in [0.05, 0.1) is 11.0 Å². The standard InChI is InChI=1S/C10H10F3NO3/c1-6(15)4-7-2-3-9(14(16)17)8(5-7)10(11,12)13/h2-3,5-6,15H,4H2,1H3. The Kier molecular flexibility index (Phi) is 3.72. The van der Waals surface area contributed by atoms with E-state index in [1.165, 1.54) is 13.0 Å². The smallest absolute Gasteiger partial charge is 0.393 e. The molecule has 94 valence electrons. The van der Waals surface area contributed by atoms with E-state index in [4.69, 9.17) is 5.11 Å². The highest BCUT2D eigenvalue weighted by Crippen LogP contribution is 2.36. The first-order chi connectivity index (χ1) is 7.71. The Hall–Kier alpha value is -1.63. The van der Waals surface area contributed by atoms with Gasteiger partial charge in [0.1, 0.15) is 5.56 Å². The average Bonchev–Trinajstić information content (AvgIpc) is 2.14. The fourth-order valence-electron chi connectivity index (χ4n) is 1.44. The molecule has 0 spiro atoms. The maximum absolute atomic E-state index is 12.6. The molecule has 1 aromatic carbocycles. The average molecular weight is 249 g/mol. The lowest BCUT2D eigenvalue weighted by Gasteiger charge is -2.10. The van der Waals surface area contributed by atoms with Gasteiger partial charge in [-0.25, -0.2) is 0 Å². The number of aliphatic hydroxyl groups excluding tert-OH is 1. The maximum atomic E-state index is 12.6. The van der Waals surface area contributed by atoms with Crippen molar-refractivity contribution in [2.45, 2.75) is 25.6 Å². The van der Waals surface area contributed by atoms with Crippen molar-refractivity contribution in [3.8, 4) is 0 Å². The minimum atomic E-state index is -4.78. The molecule has 1 rings (SSSR count). The second kappa shape index (κ2) is 4.70. The van der Waals surface area contributed by atoms with Crippen LogP contribution in [0, 0.1) is 10.1 Å². The minimum Gasteiger partial charge on any atom is -0.393 e. The number of aliphatic hydroxyl groups is 1. The van der Waals surface area contributed by atoms with Crippen LogP contribution in [0.25, 0.3) is 0 Å². The molecule has 1 aromatic rings. The third kappa shape index (κ3) is 3.42. The van der Waals surface area contributed by atoms with Gasteiger partial charge < -0.3 is 5.11 Å². The molecule has 1 atom stereocenters. The zero-order valence-corrected chi connectivity index (χ0v) is 8.86. The molecular formula is C10H10F3NO3. The Morgan fingerprint density at radius 1 is 1.47 bits per heavy atom. The minimum absolute atomic E-state index is 0.0150. The normalized spacial score (nSPS) is 13.5. The number of nitro benzene ring substituents is 1. The van der Waals surface area contributed by atoms with Gasteiger partial charge in [-0.3, -0.25) is 10.1 Å². The molecule has 0 saturated heterocycles. The SMILES string of the molecule is CC(O)Cc1ccc([N+](=O)[O-])c(C(F)(F)F)c1. The van der Waals surface area contributed by atoms with E-state index in [-0.39, 0.29) is 12.0 Å². The molecule has 0 saturated carbocycles. The van der Waals surface area contributed by atoms with E-state index in [1.54, 1.807) is 0 Å². The Bertz CT molecular complexity index is 429. The fraction of sp³-hybridized carbons (Fsp3) is 0.400. The van der Waals surface area contributed by atoms with Crippen LogP contribution in [0.1, 0.15) is 18.1 Å². The fourth-order valence-corrected chi connectivity index (χ4v) is 1.44. The summed E-state index contributed by atoms with van der Waals surface area (Å²) in [6.07, 6.45) is -5.57. The summed E-state index contributed by atoms with van der Waals surface area (Å²) in [5.41, 5.74) is -2.06. The van der Waals surface area contributed by atoms with E-state index in [0.717, 1.165) is 6.07 Å². The number of halogens is 3. The Morgan fingerprint density at radius 2 is 2.06 bits per heavy atom. The predicted molar refractivity (Wildman–Crippen MR) is 53.5 cm³/mol. The topological polar surface area (TPSA) is 63.4 Å². The largest absolute Gasteiger partial charge is 0.423 e. The van der Waals surface area contributed by atoms with Crippen molar-refractivity contribution in [1.82, 2.24) is 0 Å². The molecule has 0 bridgehead atoms. The summed E-state index contributed by atoms with van der Waals surface area (Å²) in [6.45, 7) is 1.43. The lowest BCUT2D eigenvalue weighted by atomic mass is 10.0. The van der Waals surface area contributed by atoms with E-state index in [2.05, 4.69) is 0 Å². The molecule has 1 N–H and O–H groups in total. The van der Waals surface area contributed by atoms with Crippen LogP contribution in [0.4, 0.5) is 18.9 Å². The highest BCUT2D eigenvalue weighted by molar-refractivity contribution is 5.44. The van der Waals surface area contributed by atoms with Crippen LogP contribution in [-0.2, 0) is 12.6 Å². The number of nitrogens with zero attached hydrogens (tertiary/aromatic N) is 1. The highest BCUT2D eigenvalue weighted by Gasteiger charge is 2.38. The Morgan fingerprint density at radius 3 is 2.47 bits per heavy atom. The van der Waals surface area contributed by atoms with E-state index in [1.807, 2.05) is 0 Å². The van der Waals surface area contributed by atoms with Crippen LogP contribution < -0.4 is 0 Å². The lowest BCUT2D eigenvalue weighted by molar-refractivity contribution is -0.388. The summed E-state index contributed by atoms with van der Waals surface area (Å²) in [5, 5.41) is 19.5. The van der Waals surface area contributed by atoms with Crippen LogP contribution >= 0.6 is 0 Å². The maximum Gasteiger partial charge on any atom is 0.423 e. The summed E-state index contributed by atoms with van der Waals surface area (Å²) >= 11 is 0. The summed E-state index contributed by atoms with van der Waals surface area (Å²) in [6, 6.07) is 2.71. The molecule has 1 unspecified atom stereocenters. The van der Waals surface area contributed by atoms with Crippen molar-refractivity contribution >= 4 is 5.69 Å². The molecule has 0 aliphatic carbocycles. The predicted octanol–water partition coefficient (Wildman–Crippen LogP) is 2.54. The first kappa shape index (κ1) is 13.4. The van der Waals surface area contributed by atoms with E-state index in [0.29, 0.717) is 6.07 Å². The van der Waals surface area contributed by atoms with E-state index >= 15 is 0 Å². The second-order valence-electron chi connectivity index (χ2n) is 3.66. The third-order valence-corrected chi connectivity index (χ3v) is 2.09. The van der Waals surface area contributed by atoms with Crippen LogP contribution in [0.5, 0.6) is 0 Å². The van der Waals surface area contributed by atoms with Crippen molar-refractivity contribution in [1.29, 1.82) is 0 Å². The molecule has 17 heavy (non-hydrogen) atoms. The molecule has 4 nitrogen and oxygen atoms in total. The van der Waals surface area contributed by atoms with Crippen LogP contribution in [-0.4, -0.2) is 16.1 Å². The Labute approximate surface area is 94.8 Å². The zero-order chi connectivity index (χ0) is 13.2. The van der Waals surface area contributed by atoms with Gasteiger partial charge in [-0.05, 0) is 25.0 Å². The number of nitro groups is 1. The van der Waals surface area contributed by atoms with Gasteiger partial charge in [0, 0.05) is 6.07 Å². The monoisotopic (exact) mass is 249 g/mol. The summed E-state index contributed by atoms with van der Waals surface area (Å²) < 4.78 is 37.7. The number of hydrogen-bond donors (Lipinski definition) is 1. The molecule has 0 heterocycles. The Balaban J connectivity index is 3.25. The van der Waals surface area contributed by atoms with Crippen molar-refractivity contribution in [2.75, 3.05) is 0 Å². The van der Waals surface area contributed by atoms with Gasteiger partial charge in [-0.1, -0.05) is 6.07 Å². The quantitative estimate of drug-likeness (QED) is 0.661. The molecule has 0 amide bonds. The van der Waals surface area contributed by atoms with Gasteiger partial charge in [0.2, 0.25) is 0 Å². The van der Waals surface area contributed by atoms with E-state index in [9.17, 15) is 23.3 Å². The van der Waals surface area contributed by atoms with Gasteiger partial charge in [-0.2, -0.15) is 13.2 Å². The van der Waals surface area contributed by atoms with Gasteiger partial charge in [0.25, 0.3) is 5.69 Å². The molecule has 0 aliphatic rings. The first-order valence-corrected chi connectivity index (χ1v) is 4.74. The second-order valence-corrected chi connectivity index (χ2v) is 3.66. The summed E-state index contributed by atoms with van der Waals surface area (Å²) in [4.78, 5) is 9.38. The third-order valence-electron chi connectivity index (χ3n) is 2.09. The molecule has 0 fully saturated rings. The highest BCUT2D eigenvalue weighted by atomic mass is 19.4. The lowest BCUT2D eigenvalue weighted by Crippen LogP contribution is -2.11. The van der Waals surface area contributed by atoms with Crippen molar-refractivity contribution in [3.05, 3.63) is 39.4 Å². The van der Waals surface area contributed by atoms with Gasteiger partial charge >= 0.3 is 6.18 Å². The van der Waals surface area contributed by atoms with Crippen LogP contribution in [0.15, 0.2) is 18.2 Å². The summed E-state index contributed by atoms with van der Waals surface area (Å²) in [7, 11) is 0. The summed E-state index contributed by atoms with van der Waals surface area (Å²) in [5.74, 6) is 0. The number of alkyl halides is 3. The molecule has 0 radical (unpaired) electrons. The number of hydrogen-bond acceptors (Lipinski definition) is 3. The number of rotatable bonds is 3. The van der Waals surface area contributed by atoms with E-state index < -0.39 is 28.5 Å². The zero-order valence-electron chi connectivity index (χ0n) is 8.86. The molecule has 7 heteroatoms. The van der Waals surface area contributed by atoms with Gasteiger partial charge in [0.15, 0.2) is 0 Å². The van der Waals surface area contributed by atoms with Crippen molar-refractivity contribution in [2.24, 2.45) is 0 Å². The molecular weight excluding hydrogens is 239 g/mol. The van der Waals surface area contributed by atoms with Crippen LogP contribution in [0.2, 0.25) is 0 Å². The van der Waals surface area contributed by atoms with Crippen LogP contribution in [0.3, 0.4) is 0 Å². The molecule has 0 aliphatic heterocycles. The van der Waals surface area contributed by atoms with Crippen molar-refractivity contribution in [3.63, 3.8) is 0 Å².